The van der Waals surface area contributed by atoms with Crippen molar-refractivity contribution in [1.82, 2.24) is 24.8 Å². The van der Waals surface area contributed by atoms with Crippen molar-refractivity contribution in [2.75, 3.05) is 46.4 Å². The molecule has 2 aromatic heterocycles. The first-order valence-corrected chi connectivity index (χ1v) is 9.64. The molecule has 8 heteroatoms. The van der Waals surface area contributed by atoms with Crippen molar-refractivity contribution < 1.29 is 9.13 Å². The quantitative estimate of drug-likeness (QED) is 0.716. The average Bonchev–Trinajstić information content (AvgIpc) is 3.12. The summed E-state index contributed by atoms with van der Waals surface area (Å²) >= 11 is 0. The molecule has 0 radical (unpaired) electrons. The number of nitriles is 1. The lowest BCUT2D eigenvalue weighted by atomic mass is 10.0. The average molecular weight is 394 g/mol. The third kappa shape index (κ3) is 4.06. The normalized spacial score (nSPS) is 15.5. The van der Waals surface area contributed by atoms with Crippen molar-refractivity contribution in [3.8, 4) is 23.3 Å². The predicted molar refractivity (Wildman–Crippen MR) is 108 cm³/mol. The summed E-state index contributed by atoms with van der Waals surface area (Å²) in [5, 5.41) is 10.1. The molecule has 0 atom stereocenters. The molecule has 3 heterocycles. The molecule has 1 N–H and O–H groups in total. The van der Waals surface area contributed by atoms with Crippen LogP contribution < -0.4 is 4.74 Å². The molecule has 0 amide bonds. The van der Waals surface area contributed by atoms with E-state index in [1.807, 2.05) is 6.92 Å². The Morgan fingerprint density at radius 2 is 2.03 bits per heavy atom. The van der Waals surface area contributed by atoms with Crippen molar-refractivity contribution >= 4 is 11.0 Å². The molecule has 0 aliphatic carbocycles. The third-order valence-electron chi connectivity index (χ3n) is 5.31. The first-order chi connectivity index (χ1) is 14.0. The van der Waals surface area contributed by atoms with Gasteiger partial charge in [0, 0.05) is 44.5 Å². The number of hydrogen-bond donors (Lipinski definition) is 1. The second-order valence-electron chi connectivity index (χ2n) is 7.35. The van der Waals surface area contributed by atoms with Crippen LogP contribution in [0.3, 0.4) is 0 Å². The molecular weight excluding hydrogens is 371 g/mol. The Balaban J connectivity index is 1.61. The Bertz CT molecular complexity index is 1060. The molecule has 0 unspecified atom stereocenters. The number of halogens is 1. The highest BCUT2D eigenvalue weighted by molar-refractivity contribution is 5.96. The Morgan fingerprint density at radius 3 is 2.76 bits per heavy atom. The summed E-state index contributed by atoms with van der Waals surface area (Å²) in [5.74, 6) is -0.310. The molecule has 1 saturated heterocycles. The zero-order valence-electron chi connectivity index (χ0n) is 16.6. The number of ether oxygens (including phenoxy) is 1. The zero-order valence-corrected chi connectivity index (χ0v) is 16.6. The molecule has 3 aromatic rings. The van der Waals surface area contributed by atoms with E-state index in [1.165, 1.54) is 12.1 Å². The van der Waals surface area contributed by atoms with Crippen LogP contribution in [-0.2, 0) is 0 Å². The minimum atomic E-state index is -0.310. The van der Waals surface area contributed by atoms with Gasteiger partial charge in [-0.2, -0.15) is 15.2 Å². The largest absolute Gasteiger partial charge is 0.462 e. The van der Waals surface area contributed by atoms with Crippen LogP contribution in [0.5, 0.6) is 6.01 Å². The van der Waals surface area contributed by atoms with Crippen LogP contribution in [0.25, 0.3) is 22.3 Å². The van der Waals surface area contributed by atoms with Crippen molar-refractivity contribution in [3.63, 3.8) is 0 Å². The lowest BCUT2D eigenvalue weighted by Crippen LogP contribution is -2.45. The van der Waals surface area contributed by atoms with E-state index < -0.39 is 0 Å². The molecule has 0 spiro atoms. The molecule has 0 bridgehead atoms. The van der Waals surface area contributed by atoms with E-state index in [9.17, 15) is 9.65 Å². The van der Waals surface area contributed by atoms with E-state index in [0.717, 1.165) is 43.9 Å². The van der Waals surface area contributed by atoms with Gasteiger partial charge in [-0.25, -0.2) is 4.39 Å². The lowest BCUT2D eigenvalue weighted by molar-refractivity contribution is 0.131. The standard InChI is InChI=1S/C21H23FN6O/c1-14-11-16(22)3-4-17(14)19-18-15(12-23)13-24-20(18)26-21(25-19)29-10-9-28-7-5-27(2)6-8-28/h3-4,11,13H,5-10H2,1-2H3,(H,24,25,26). The van der Waals surface area contributed by atoms with Gasteiger partial charge in [0.1, 0.15) is 24.1 Å². The Labute approximate surface area is 168 Å². The van der Waals surface area contributed by atoms with Crippen LogP contribution in [0.15, 0.2) is 24.4 Å². The van der Waals surface area contributed by atoms with Crippen LogP contribution in [-0.4, -0.2) is 71.1 Å². The van der Waals surface area contributed by atoms with Gasteiger partial charge in [-0.15, -0.1) is 0 Å². The van der Waals surface area contributed by atoms with E-state index >= 15 is 0 Å². The van der Waals surface area contributed by atoms with Crippen LogP contribution in [0.1, 0.15) is 11.1 Å². The maximum atomic E-state index is 13.6. The van der Waals surface area contributed by atoms with Gasteiger partial charge in [-0.1, -0.05) is 0 Å². The van der Waals surface area contributed by atoms with Crippen molar-refractivity contribution in [2.45, 2.75) is 6.92 Å². The molecule has 1 fully saturated rings. The summed E-state index contributed by atoms with van der Waals surface area (Å²) < 4.78 is 19.4. The Morgan fingerprint density at radius 1 is 1.24 bits per heavy atom. The van der Waals surface area contributed by atoms with E-state index in [1.54, 1.807) is 12.3 Å². The number of nitrogens with zero attached hydrogens (tertiary/aromatic N) is 5. The molecule has 4 rings (SSSR count). The molecule has 0 saturated carbocycles. The Kier molecular flexibility index (Phi) is 5.43. The van der Waals surface area contributed by atoms with E-state index in [-0.39, 0.29) is 11.8 Å². The van der Waals surface area contributed by atoms with Gasteiger partial charge in [0.05, 0.1) is 16.6 Å². The number of H-pyrrole nitrogens is 1. The molecular formula is C21H23FN6O. The number of rotatable bonds is 5. The summed E-state index contributed by atoms with van der Waals surface area (Å²) in [4.78, 5) is 16.7. The number of benzene rings is 1. The highest BCUT2D eigenvalue weighted by Crippen LogP contribution is 2.32. The lowest BCUT2D eigenvalue weighted by Gasteiger charge is -2.32. The molecule has 29 heavy (non-hydrogen) atoms. The van der Waals surface area contributed by atoms with Gasteiger partial charge in [-0.05, 0) is 37.7 Å². The molecule has 7 nitrogen and oxygen atoms in total. The smallest absolute Gasteiger partial charge is 0.319 e. The van der Waals surface area contributed by atoms with Gasteiger partial charge in [0.25, 0.3) is 0 Å². The number of aromatic amines is 1. The third-order valence-corrected chi connectivity index (χ3v) is 5.31. The fourth-order valence-electron chi connectivity index (χ4n) is 3.59. The number of aryl methyl sites for hydroxylation is 1. The van der Waals surface area contributed by atoms with E-state index in [2.05, 4.69) is 37.9 Å². The van der Waals surface area contributed by atoms with E-state index in [4.69, 9.17) is 4.74 Å². The first kappa shape index (κ1) is 19.3. The monoisotopic (exact) mass is 394 g/mol. The molecule has 1 aliphatic rings. The van der Waals surface area contributed by atoms with Crippen molar-refractivity contribution in [1.29, 1.82) is 5.26 Å². The fraction of sp³-hybridized carbons (Fsp3) is 0.381. The second kappa shape index (κ2) is 8.15. The molecule has 150 valence electrons. The van der Waals surface area contributed by atoms with Crippen molar-refractivity contribution in [2.24, 2.45) is 0 Å². The van der Waals surface area contributed by atoms with Crippen molar-refractivity contribution in [3.05, 3.63) is 41.3 Å². The summed E-state index contributed by atoms with van der Waals surface area (Å²) in [6.07, 6.45) is 1.61. The maximum Gasteiger partial charge on any atom is 0.319 e. The summed E-state index contributed by atoms with van der Waals surface area (Å²) in [5.41, 5.74) is 3.03. The number of fused-ring (bicyclic) bond motifs is 1. The predicted octanol–water partition coefficient (Wildman–Crippen LogP) is 2.57. The Hall–Kier alpha value is -3.02. The number of hydrogen-bond acceptors (Lipinski definition) is 6. The van der Waals surface area contributed by atoms with Crippen LogP contribution >= 0.6 is 0 Å². The highest BCUT2D eigenvalue weighted by atomic mass is 19.1. The first-order valence-electron chi connectivity index (χ1n) is 9.64. The molecule has 1 aliphatic heterocycles. The number of piperazine rings is 1. The second-order valence-corrected chi connectivity index (χ2v) is 7.35. The van der Waals surface area contributed by atoms with Crippen LogP contribution in [0.2, 0.25) is 0 Å². The number of likely N-dealkylation sites (N-methyl/N-ethyl adjacent to an activating group) is 1. The van der Waals surface area contributed by atoms with E-state index in [0.29, 0.717) is 28.9 Å². The SMILES string of the molecule is Cc1cc(F)ccc1-c1nc(OCCN2CCN(C)CC2)nc2[nH]cc(C#N)c12. The number of nitrogens with one attached hydrogen (secondary N) is 1. The summed E-state index contributed by atoms with van der Waals surface area (Å²) in [7, 11) is 2.13. The van der Waals surface area contributed by atoms with Gasteiger partial charge in [-0.3, -0.25) is 4.90 Å². The summed E-state index contributed by atoms with van der Waals surface area (Å²) in [6.45, 7) is 7.23. The van der Waals surface area contributed by atoms with Crippen LogP contribution in [0.4, 0.5) is 4.39 Å². The fourth-order valence-corrected chi connectivity index (χ4v) is 3.59. The minimum absolute atomic E-state index is 0.247. The maximum absolute atomic E-state index is 13.6. The van der Waals surface area contributed by atoms with Gasteiger partial charge < -0.3 is 14.6 Å². The minimum Gasteiger partial charge on any atom is -0.462 e. The molecule has 1 aromatic carbocycles. The van der Waals surface area contributed by atoms with Gasteiger partial charge in [0.15, 0.2) is 0 Å². The topological polar surface area (TPSA) is 81.1 Å². The van der Waals surface area contributed by atoms with Crippen LogP contribution in [0, 0.1) is 24.1 Å². The number of aromatic nitrogens is 3. The van der Waals surface area contributed by atoms with Gasteiger partial charge >= 0.3 is 6.01 Å². The summed E-state index contributed by atoms with van der Waals surface area (Å²) in [6, 6.07) is 6.93. The highest BCUT2D eigenvalue weighted by Gasteiger charge is 2.18. The zero-order chi connectivity index (χ0) is 20.4. The van der Waals surface area contributed by atoms with Gasteiger partial charge in [0.2, 0.25) is 0 Å².